The molecule has 3 heteroatoms. The van der Waals surface area contributed by atoms with E-state index in [1.165, 1.54) is 0 Å². The SMILES string of the molecule is O=C1N[C@H]2CC[C@@H](O)[C@H]1C2. The van der Waals surface area contributed by atoms with Gasteiger partial charge in [0.2, 0.25) is 5.91 Å². The number of hydrogen-bond donors (Lipinski definition) is 2. The van der Waals surface area contributed by atoms with Gasteiger partial charge in [0.15, 0.2) is 0 Å². The summed E-state index contributed by atoms with van der Waals surface area (Å²) in [6.45, 7) is 0. The molecule has 0 spiro atoms. The second kappa shape index (κ2) is 1.95. The van der Waals surface area contributed by atoms with E-state index in [1.54, 1.807) is 0 Å². The maximum atomic E-state index is 11.0. The second-order valence-corrected chi connectivity index (χ2v) is 3.19. The van der Waals surface area contributed by atoms with Crippen molar-refractivity contribution in [2.45, 2.75) is 31.4 Å². The Morgan fingerprint density at radius 3 is 3.00 bits per heavy atom. The van der Waals surface area contributed by atoms with E-state index in [9.17, 15) is 9.90 Å². The molecular weight excluding hydrogens is 130 g/mol. The van der Waals surface area contributed by atoms with E-state index in [0.717, 1.165) is 19.3 Å². The predicted octanol–water partition coefficient (Wildman–Crippen LogP) is -0.354. The number of aliphatic hydroxyl groups is 1. The first-order chi connectivity index (χ1) is 4.77. The minimum atomic E-state index is -0.376. The molecular formula is C7H11NO2. The van der Waals surface area contributed by atoms with Crippen molar-refractivity contribution >= 4 is 5.91 Å². The molecule has 56 valence electrons. The normalized spacial score (nSPS) is 45.3. The molecule has 0 aromatic carbocycles. The van der Waals surface area contributed by atoms with Crippen LogP contribution in [0.15, 0.2) is 0 Å². The van der Waals surface area contributed by atoms with Crippen molar-refractivity contribution in [1.82, 2.24) is 5.32 Å². The summed E-state index contributed by atoms with van der Waals surface area (Å²) in [7, 11) is 0. The molecule has 0 aromatic heterocycles. The fourth-order valence-corrected chi connectivity index (χ4v) is 1.88. The summed E-state index contributed by atoms with van der Waals surface area (Å²) in [4.78, 5) is 11.0. The van der Waals surface area contributed by atoms with Gasteiger partial charge in [0.05, 0.1) is 12.0 Å². The highest BCUT2D eigenvalue weighted by Crippen LogP contribution is 2.29. The largest absolute Gasteiger partial charge is 0.392 e. The van der Waals surface area contributed by atoms with Crippen molar-refractivity contribution in [3.05, 3.63) is 0 Å². The van der Waals surface area contributed by atoms with Crippen LogP contribution in [-0.4, -0.2) is 23.2 Å². The quantitative estimate of drug-likeness (QED) is 0.484. The molecule has 1 saturated carbocycles. The molecule has 1 saturated heterocycles. The fourth-order valence-electron chi connectivity index (χ4n) is 1.88. The highest BCUT2D eigenvalue weighted by atomic mass is 16.3. The second-order valence-electron chi connectivity index (χ2n) is 3.19. The van der Waals surface area contributed by atoms with Gasteiger partial charge in [0.25, 0.3) is 0 Å². The molecule has 2 bridgehead atoms. The van der Waals surface area contributed by atoms with Crippen LogP contribution in [-0.2, 0) is 4.79 Å². The maximum Gasteiger partial charge on any atom is 0.226 e. The van der Waals surface area contributed by atoms with Crippen molar-refractivity contribution in [2.75, 3.05) is 0 Å². The Bertz CT molecular complexity index is 169. The summed E-state index contributed by atoms with van der Waals surface area (Å²) >= 11 is 0. The van der Waals surface area contributed by atoms with Crippen LogP contribution >= 0.6 is 0 Å². The number of carbonyl (C=O) groups excluding carboxylic acids is 1. The molecule has 0 aromatic rings. The van der Waals surface area contributed by atoms with Gasteiger partial charge in [0, 0.05) is 6.04 Å². The number of nitrogens with one attached hydrogen (secondary N) is 1. The molecule has 1 amide bonds. The van der Waals surface area contributed by atoms with Crippen molar-refractivity contribution in [3.8, 4) is 0 Å². The standard InChI is InChI=1S/C7H11NO2/c9-6-2-1-4-3-5(6)7(10)8-4/h4-6,9H,1-3H2,(H,8,10)/t4-,5+,6+/m0/s1. The third-order valence-corrected chi connectivity index (χ3v) is 2.50. The van der Waals surface area contributed by atoms with Gasteiger partial charge in [-0.1, -0.05) is 0 Å². The third-order valence-electron chi connectivity index (χ3n) is 2.50. The number of hydrogen-bond acceptors (Lipinski definition) is 2. The van der Waals surface area contributed by atoms with E-state index in [4.69, 9.17) is 0 Å². The molecule has 3 nitrogen and oxygen atoms in total. The molecule has 2 fully saturated rings. The van der Waals surface area contributed by atoms with Crippen molar-refractivity contribution < 1.29 is 9.90 Å². The first-order valence-corrected chi connectivity index (χ1v) is 3.76. The van der Waals surface area contributed by atoms with E-state index in [2.05, 4.69) is 5.32 Å². The minimum Gasteiger partial charge on any atom is -0.392 e. The molecule has 1 aliphatic heterocycles. The summed E-state index contributed by atoms with van der Waals surface area (Å²) in [5, 5.41) is 12.2. The molecule has 10 heavy (non-hydrogen) atoms. The maximum absolute atomic E-state index is 11.0. The van der Waals surface area contributed by atoms with Crippen molar-refractivity contribution in [2.24, 2.45) is 5.92 Å². The lowest BCUT2D eigenvalue weighted by atomic mass is 9.87. The van der Waals surface area contributed by atoms with Gasteiger partial charge in [0.1, 0.15) is 0 Å². The number of aliphatic hydroxyl groups excluding tert-OH is 1. The van der Waals surface area contributed by atoms with E-state index in [1.807, 2.05) is 0 Å². The molecule has 0 radical (unpaired) electrons. The lowest BCUT2D eigenvalue weighted by Crippen LogP contribution is -2.27. The average molecular weight is 141 g/mol. The van der Waals surface area contributed by atoms with Gasteiger partial charge in [-0.25, -0.2) is 0 Å². The first kappa shape index (κ1) is 6.16. The topological polar surface area (TPSA) is 49.3 Å². The lowest BCUT2D eigenvalue weighted by Gasteiger charge is -2.20. The molecule has 2 aliphatic rings. The minimum absolute atomic E-state index is 0.0509. The Morgan fingerprint density at radius 2 is 2.30 bits per heavy atom. The average Bonchev–Trinajstić information content (AvgIpc) is 2.21. The summed E-state index contributed by atoms with van der Waals surface area (Å²) < 4.78 is 0. The van der Waals surface area contributed by atoms with Gasteiger partial charge in [-0.15, -0.1) is 0 Å². The fraction of sp³-hybridized carbons (Fsp3) is 0.857. The number of fused-ring (bicyclic) bond motifs is 2. The van der Waals surface area contributed by atoms with Gasteiger partial charge >= 0.3 is 0 Å². The lowest BCUT2D eigenvalue weighted by molar-refractivity contribution is -0.125. The molecule has 2 rings (SSSR count). The Hall–Kier alpha value is -0.570. The van der Waals surface area contributed by atoms with Gasteiger partial charge in [-0.05, 0) is 19.3 Å². The van der Waals surface area contributed by atoms with Crippen LogP contribution in [0.5, 0.6) is 0 Å². The van der Waals surface area contributed by atoms with Crippen LogP contribution in [0, 0.1) is 5.92 Å². The monoisotopic (exact) mass is 141 g/mol. The molecule has 0 unspecified atom stereocenters. The van der Waals surface area contributed by atoms with E-state index in [0.29, 0.717) is 6.04 Å². The number of amides is 1. The predicted molar refractivity (Wildman–Crippen MR) is 35.3 cm³/mol. The van der Waals surface area contributed by atoms with E-state index in [-0.39, 0.29) is 17.9 Å². The van der Waals surface area contributed by atoms with Gasteiger partial charge in [-0.3, -0.25) is 4.79 Å². The first-order valence-electron chi connectivity index (χ1n) is 3.76. The van der Waals surface area contributed by atoms with Gasteiger partial charge < -0.3 is 10.4 Å². The molecule has 2 N–H and O–H groups in total. The van der Waals surface area contributed by atoms with Crippen LogP contribution < -0.4 is 5.32 Å². The summed E-state index contributed by atoms with van der Waals surface area (Å²) in [6.07, 6.45) is 2.20. The third kappa shape index (κ3) is 0.736. The Kier molecular flexibility index (Phi) is 1.20. The van der Waals surface area contributed by atoms with Crippen LogP contribution in [0.2, 0.25) is 0 Å². The van der Waals surface area contributed by atoms with Crippen LogP contribution in [0.25, 0.3) is 0 Å². The Balaban J connectivity index is 2.17. The van der Waals surface area contributed by atoms with Crippen molar-refractivity contribution in [1.29, 1.82) is 0 Å². The summed E-state index contributed by atoms with van der Waals surface area (Å²) in [5.41, 5.74) is 0. The summed E-state index contributed by atoms with van der Waals surface area (Å²) in [5.74, 6) is -0.0475. The van der Waals surface area contributed by atoms with Crippen LogP contribution in [0.4, 0.5) is 0 Å². The Morgan fingerprint density at radius 1 is 1.50 bits per heavy atom. The number of rotatable bonds is 0. The van der Waals surface area contributed by atoms with E-state index < -0.39 is 0 Å². The van der Waals surface area contributed by atoms with Crippen molar-refractivity contribution in [3.63, 3.8) is 0 Å². The number of carbonyl (C=O) groups is 1. The van der Waals surface area contributed by atoms with Crippen LogP contribution in [0.1, 0.15) is 19.3 Å². The van der Waals surface area contributed by atoms with Gasteiger partial charge in [-0.2, -0.15) is 0 Å². The summed E-state index contributed by atoms with van der Waals surface area (Å²) in [6, 6.07) is 0.362. The molecule has 1 heterocycles. The zero-order chi connectivity index (χ0) is 7.14. The van der Waals surface area contributed by atoms with E-state index >= 15 is 0 Å². The zero-order valence-electron chi connectivity index (χ0n) is 5.71. The highest BCUT2D eigenvalue weighted by Gasteiger charge is 2.40. The molecule has 3 atom stereocenters. The van der Waals surface area contributed by atoms with Crippen LogP contribution in [0.3, 0.4) is 0 Å². The smallest absolute Gasteiger partial charge is 0.226 e. The highest BCUT2D eigenvalue weighted by molar-refractivity contribution is 5.82. The zero-order valence-corrected chi connectivity index (χ0v) is 5.71. The molecule has 1 aliphatic carbocycles. The Labute approximate surface area is 59.4 Å².